The Balaban J connectivity index is 2.17. The Morgan fingerprint density at radius 2 is 1.95 bits per heavy atom. The van der Waals surface area contributed by atoms with E-state index in [-0.39, 0.29) is 6.04 Å². The van der Waals surface area contributed by atoms with Gasteiger partial charge in [0.2, 0.25) is 0 Å². The van der Waals surface area contributed by atoms with Crippen molar-refractivity contribution in [2.24, 2.45) is 0 Å². The molecule has 100 valence electrons. The first-order chi connectivity index (χ1) is 9.79. The van der Waals surface area contributed by atoms with E-state index in [1.54, 1.807) is 0 Å². The third kappa shape index (κ3) is 2.40. The highest BCUT2D eigenvalue weighted by Crippen LogP contribution is 2.29. The molecule has 0 aliphatic rings. The molecule has 2 aromatic carbocycles. The predicted molar refractivity (Wildman–Crippen MR) is 84.1 cm³/mol. The Labute approximate surface area is 123 Å². The van der Waals surface area contributed by atoms with Crippen molar-refractivity contribution in [2.45, 2.75) is 6.04 Å². The van der Waals surface area contributed by atoms with E-state index >= 15 is 0 Å². The van der Waals surface area contributed by atoms with Crippen molar-refractivity contribution < 1.29 is 0 Å². The first kappa shape index (κ1) is 13.1. The van der Waals surface area contributed by atoms with E-state index in [0.717, 1.165) is 16.0 Å². The van der Waals surface area contributed by atoms with Gasteiger partial charge in [0.15, 0.2) is 0 Å². The van der Waals surface area contributed by atoms with Gasteiger partial charge in [0.25, 0.3) is 0 Å². The summed E-state index contributed by atoms with van der Waals surface area (Å²) < 4.78 is 0. The summed E-state index contributed by atoms with van der Waals surface area (Å²) in [6, 6.07) is 16.4. The minimum Gasteiger partial charge on any atom is -0.309 e. The molecule has 0 saturated heterocycles. The van der Waals surface area contributed by atoms with Gasteiger partial charge in [-0.25, -0.2) is 0 Å². The zero-order valence-electron chi connectivity index (χ0n) is 11.2. The first-order valence-electron chi connectivity index (χ1n) is 6.55. The van der Waals surface area contributed by atoms with Crippen molar-refractivity contribution in [3.63, 3.8) is 0 Å². The maximum Gasteiger partial charge on any atom is 0.0580 e. The molecule has 0 saturated carbocycles. The second kappa shape index (κ2) is 5.61. The number of nitrogens with one attached hydrogen (secondary N) is 1. The number of nitrogens with zero attached hydrogens (tertiary/aromatic N) is 1. The minimum atomic E-state index is 0.111. The fourth-order valence-electron chi connectivity index (χ4n) is 2.59. The van der Waals surface area contributed by atoms with Crippen molar-refractivity contribution in [3.8, 4) is 0 Å². The second-order valence-corrected chi connectivity index (χ2v) is 5.16. The van der Waals surface area contributed by atoms with Crippen LogP contribution in [0.25, 0.3) is 10.8 Å². The number of halogens is 1. The summed E-state index contributed by atoms with van der Waals surface area (Å²) in [6.45, 7) is 0. The Morgan fingerprint density at radius 3 is 2.75 bits per heavy atom. The molecule has 0 aliphatic heterocycles. The lowest BCUT2D eigenvalue weighted by Crippen LogP contribution is -2.17. The molecule has 3 rings (SSSR count). The lowest BCUT2D eigenvalue weighted by atomic mass is 9.94. The van der Waals surface area contributed by atoms with E-state index in [2.05, 4.69) is 40.6 Å². The number of hydrogen-bond acceptors (Lipinski definition) is 2. The summed E-state index contributed by atoms with van der Waals surface area (Å²) in [5.74, 6) is 0. The smallest absolute Gasteiger partial charge is 0.0580 e. The fraction of sp³-hybridized carbons (Fsp3) is 0.118. The predicted octanol–water partition coefficient (Wildman–Crippen LogP) is 4.20. The molecule has 0 bridgehead atoms. The number of aromatic nitrogens is 1. The van der Waals surface area contributed by atoms with Crippen LogP contribution in [0.4, 0.5) is 0 Å². The summed E-state index contributed by atoms with van der Waals surface area (Å²) in [7, 11) is 1.96. The SMILES string of the molecule is CNC(c1cccc(Cl)c1)c1cccc2cnccc12. The maximum absolute atomic E-state index is 6.11. The molecule has 1 N–H and O–H groups in total. The van der Waals surface area contributed by atoms with Gasteiger partial charge in [-0.3, -0.25) is 4.98 Å². The summed E-state index contributed by atoms with van der Waals surface area (Å²) in [5, 5.41) is 6.48. The highest BCUT2D eigenvalue weighted by molar-refractivity contribution is 6.30. The fourth-order valence-corrected chi connectivity index (χ4v) is 2.79. The molecule has 20 heavy (non-hydrogen) atoms. The first-order valence-corrected chi connectivity index (χ1v) is 6.93. The summed E-state index contributed by atoms with van der Waals surface area (Å²) in [5.41, 5.74) is 2.39. The molecule has 1 aromatic heterocycles. The number of rotatable bonds is 3. The Hall–Kier alpha value is -1.90. The summed E-state index contributed by atoms with van der Waals surface area (Å²) >= 11 is 6.11. The van der Waals surface area contributed by atoms with Gasteiger partial charge >= 0.3 is 0 Å². The van der Waals surface area contributed by atoms with Gasteiger partial charge in [0.05, 0.1) is 6.04 Å². The highest BCUT2D eigenvalue weighted by atomic mass is 35.5. The molecule has 0 aliphatic carbocycles. The molecule has 0 amide bonds. The van der Waals surface area contributed by atoms with Crippen LogP contribution in [0.3, 0.4) is 0 Å². The quantitative estimate of drug-likeness (QED) is 0.779. The van der Waals surface area contributed by atoms with Crippen molar-refractivity contribution in [1.29, 1.82) is 0 Å². The van der Waals surface area contributed by atoms with E-state index in [1.807, 2.05) is 37.6 Å². The van der Waals surface area contributed by atoms with Gasteiger partial charge in [-0.2, -0.15) is 0 Å². The van der Waals surface area contributed by atoms with E-state index < -0.39 is 0 Å². The molecule has 1 atom stereocenters. The monoisotopic (exact) mass is 282 g/mol. The zero-order chi connectivity index (χ0) is 13.9. The number of benzene rings is 2. The van der Waals surface area contributed by atoms with Gasteiger partial charge in [-0.15, -0.1) is 0 Å². The Bertz CT molecular complexity index is 734. The third-order valence-electron chi connectivity index (χ3n) is 3.50. The van der Waals surface area contributed by atoms with Crippen LogP contribution in [-0.4, -0.2) is 12.0 Å². The van der Waals surface area contributed by atoms with Crippen molar-refractivity contribution in [3.05, 3.63) is 77.1 Å². The van der Waals surface area contributed by atoms with E-state index in [1.165, 1.54) is 10.9 Å². The molecule has 3 heteroatoms. The van der Waals surface area contributed by atoms with E-state index in [0.29, 0.717) is 0 Å². The lowest BCUT2D eigenvalue weighted by molar-refractivity contribution is 0.697. The van der Waals surface area contributed by atoms with Crippen LogP contribution in [0.15, 0.2) is 60.9 Å². The van der Waals surface area contributed by atoms with Crippen LogP contribution in [0, 0.1) is 0 Å². The summed E-state index contributed by atoms with van der Waals surface area (Å²) in [4.78, 5) is 4.18. The zero-order valence-corrected chi connectivity index (χ0v) is 11.9. The maximum atomic E-state index is 6.11. The largest absolute Gasteiger partial charge is 0.309 e. The highest BCUT2D eigenvalue weighted by Gasteiger charge is 2.14. The molecule has 1 unspecified atom stereocenters. The Kier molecular flexibility index (Phi) is 3.68. The van der Waals surface area contributed by atoms with Crippen LogP contribution in [0.5, 0.6) is 0 Å². The van der Waals surface area contributed by atoms with Crippen LogP contribution < -0.4 is 5.32 Å². The molecule has 3 aromatic rings. The van der Waals surface area contributed by atoms with Gasteiger partial charge in [-0.1, -0.05) is 41.9 Å². The normalized spacial score (nSPS) is 12.5. The van der Waals surface area contributed by atoms with Crippen molar-refractivity contribution in [1.82, 2.24) is 10.3 Å². The standard InChI is InChI=1S/C17H15ClN2/c1-19-17(12-4-2-6-14(18)10-12)16-7-3-5-13-11-20-9-8-15(13)16/h2-11,17,19H,1H3. The average molecular weight is 283 g/mol. The molecular formula is C17H15ClN2. The van der Waals surface area contributed by atoms with Gasteiger partial charge in [0.1, 0.15) is 0 Å². The number of pyridine rings is 1. The third-order valence-corrected chi connectivity index (χ3v) is 3.73. The molecule has 0 fully saturated rings. The van der Waals surface area contributed by atoms with Crippen LogP contribution in [-0.2, 0) is 0 Å². The second-order valence-electron chi connectivity index (χ2n) is 4.72. The number of fused-ring (bicyclic) bond motifs is 1. The van der Waals surface area contributed by atoms with Crippen LogP contribution >= 0.6 is 11.6 Å². The van der Waals surface area contributed by atoms with Crippen LogP contribution in [0.1, 0.15) is 17.2 Å². The molecule has 0 spiro atoms. The average Bonchev–Trinajstić information content (AvgIpc) is 2.48. The van der Waals surface area contributed by atoms with Crippen LogP contribution in [0.2, 0.25) is 5.02 Å². The molecular weight excluding hydrogens is 268 g/mol. The minimum absolute atomic E-state index is 0.111. The molecule has 0 radical (unpaired) electrons. The molecule has 2 nitrogen and oxygen atoms in total. The van der Waals surface area contributed by atoms with Gasteiger partial charge in [0, 0.05) is 22.8 Å². The Morgan fingerprint density at radius 1 is 1.10 bits per heavy atom. The van der Waals surface area contributed by atoms with Crippen molar-refractivity contribution >= 4 is 22.4 Å². The van der Waals surface area contributed by atoms with E-state index in [4.69, 9.17) is 11.6 Å². The van der Waals surface area contributed by atoms with E-state index in [9.17, 15) is 0 Å². The van der Waals surface area contributed by atoms with Crippen molar-refractivity contribution in [2.75, 3.05) is 7.05 Å². The summed E-state index contributed by atoms with van der Waals surface area (Å²) in [6.07, 6.45) is 3.72. The van der Waals surface area contributed by atoms with Gasteiger partial charge in [-0.05, 0) is 41.8 Å². The number of hydrogen-bond donors (Lipinski definition) is 1. The topological polar surface area (TPSA) is 24.9 Å². The van der Waals surface area contributed by atoms with Gasteiger partial charge < -0.3 is 5.32 Å². The lowest BCUT2D eigenvalue weighted by Gasteiger charge is -2.19. The molecule has 1 heterocycles.